The van der Waals surface area contributed by atoms with Gasteiger partial charge in [0.25, 0.3) is 0 Å². The van der Waals surface area contributed by atoms with Gasteiger partial charge in [-0.2, -0.15) is 8.42 Å². The normalized spacial score (nSPS) is 13.8. The maximum atomic E-state index is 14.1. The molecule has 1 heterocycles. The van der Waals surface area contributed by atoms with Gasteiger partial charge in [0.2, 0.25) is 5.91 Å². The molecule has 3 unspecified atom stereocenters. The third-order valence-electron chi connectivity index (χ3n) is 6.57. The number of anilines is 1. The van der Waals surface area contributed by atoms with Gasteiger partial charge < -0.3 is 10.1 Å². The minimum atomic E-state index is -4.37. The summed E-state index contributed by atoms with van der Waals surface area (Å²) in [5.74, 6) is -0.660. The summed E-state index contributed by atoms with van der Waals surface area (Å²) in [6.07, 6.45) is 1.25. The Labute approximate surface area is 239 Å². The van der Waals surface area contributed by atoms with Crippen LogP contribution in [0.5, 0.6) is 0 Å². The third kappa shape index (κ3) is 8.22. The monoisotopic (exact) mass is 579 g/mol. The van der Waals surface area contributed by atoms with E-state index in [0.29, 0.717) is 12.8 Å². The molecule has 1 amide bonds. The number of nitrogens with one attached hydrogen (secondary N) is 2. The van der Waals surface area contributed by atoms with Crippen LogP contribution in [-0.2, 0) is 39.1 Å². The van der Waals surface area contributed by atoms with E-state index >= 15 is 0 Å². The largest absolute Gasteiger partial charge is 0.376 e. The number of ether oxygens (including phenoxy) is 1. The Bertz CT molecular complexity index is 1480. The summed E-state index contributed by atoms with van der Waals surface area (Å²) in [5, 5.41) is 6.04. The highest BCUT2D eigenvalue weighted by atomic mass is 32.2. The van der Waals surface area contributed by atoms with Crippen LogP contribution in [0.2, 0.25) is 0 Å². The molecule has 8 nitrogen and oxygen atoms in total. The molecule has 3 atom stereocenters. The Balaban J connectivity index is 1.63. The van der Waals surface area contributed by atoms with Crippen LogP contribution < -0.4 is 10.0 Å². The number of hydrogen-bond acceptors (Lipinski definition) is 6. The lowest BCUT2D eigenvalue weighted by Gasteiger charge is -2.28. The Morgan fingerprint density at radius 1 is 0.950 bits per heavy atom. The van der Waals surface area contributed by atoms with Crippen molar-refractivity contribution >= 4 is 33.2 Å². The van der Waals surface area contributed by atoms with E-state index in [2.05, 4.69) is 5.32 Å². The van der Waals surface area contributed by atoms with Crippen molar-refractivity contribution in [3.05, 3.63) is 118 Å². The molecular formula is C30H33N3O5S2. The second kappa shape index (κ2) is 13.7. The maximum absolute atomic E-state index is 14.1. The number of carbonyl (C=O) groups excluding carboxylic acids is 1. The lowest BCUT2D eigenvalue weighted by molar-refractivity contribution is -0.130. The second-order valence-corrected chi connectivity index (χ2v) is 11.5. The van der Waals surface area contributed by atoms with Crippen molar-refractivity contribution in [2.75, 3.05) is 11.8 Å². The molecule has 4 rings (SSSR count). The van der Waals surface area contributed by atoms with Crippen LogP contribution in [-0.4, -0.2) is 31.0 Å². The Kier molecular flexibility index (Phi) is 10.1. The average molecular weight is 580 g/mol. The van der Waals surface area contributed by atoms with Crippen molar-refractivity contribution in [3.8, 4) is 0 Å². The molecule has 210 valence electrons. The lowest BCUT2D eigenvalue weighted by atomic mass is 9.88. The number of thiazole rings is 1. The summed E-state index contributed by atoms with van der Waals surface area (Å²) >= 11 is 1.50. The van der Waals surface area contributed by atoms with Crippen LogP contribution in [0, 0.1) is 5.92 Å². The van der Waals surface area contributed by atoms with E-state index in [1.165, 1.54) is 11.3 Å². The number of amides is 1. The van der Waals surface area contributed by atoms with Gasteiger partial charge in [0, 0.05) is 12.5 Å². The molecule has 3 N–H and O–H groups in total. The Morgan fingerprint density at radius 3 is 2.15 bits per heavy atom. The number of methoxy groups -OCH3 is 1. The SMILES string of the molecule is CCc1csc(C(Cc2ccc(NS(=O)(=O)O)cc2)NC(=O)C(Cc2ccccc2)C(OC)c2ccccc2)n1. The minimum absolute atomic E-state index is 0.150. The first-order valence-electron chi connectivity index (χ1n) is 13.0. The molecule has 0 radical (unpaired) electrons. The molecule has 0 spiro atoms. The fourth-order valence-corrected chi connectivity index (χ4v) is 5.98. The van der Waals surface area contributed by atoms with Crippen molar-refractivity contribution in [2.24, 2.45) is 5.92 Å². The molecule has 1 aromatic heterocycles. The average Bonchev–Trinajstić information content (AvgIpc) is 3.43. The van der Waals surface area contributed by atoms with Crippen molar-refractivity contribution in [3.63, 3.8) is 0 Å². The van der Waals surface area contributed by atoms with Gasteiger partial charge in [-0.15, -0.1) is 11.3 Å². The van der Waals surface area contributed by atoms with E-state index in [9.17, 15) is 13.2 Å². The first kappa shape index (κ1) is 29.4. The second-order valence-electron chi connectivity index (χ2n) is 9.43. The molecule has 0 saturated carbocycles. The molecular weight excluding hydrogens is 546 g/mol. The van der Waals surface area contributed by atoms with Crippen LogP contribution in [0.25, 0.3) is 0 Å². The van der Waals surface area contributed by atoms with Gasteiger partial charge in [0.1, 0.15) is 5.01 Å². The molecule has 40 heavy (non-hydrogen) atoms. The molecule has 0 aliphatic rings. The molecule has 0 fully saturated rings. The summed E-state index contributed by atoms with van der Waals surface area (Å²) in [5.41, 5.74) is 4.00. The predicted octanol–water partition coefficient (Wildman–Crippen LogP) is 5.57. The fourth-order valence-electron chi connectivity index (χ4n) is 4.60. The van der Waals surface area contributed by atoms with Gasteiger partial charge in [-0.05, 0) is 48.1 Å². The summed E-state index contributed by atoms with van der Waals surface area (Å²) in [6, 6.07) is 25.8. The number of hydrogen-bond donors (Lipinski definition) is 3. The van der Waals surface area contributed by atoms with E-state index in [4.69, 9.17) is 14.3 Å². The molecule has 0 aliphatic carbocycles. The maximum Gasteiger partial charge on any atom is 0.357 e. The number of aromatic nitrogens is 1. The van der Waals surface area contributed by atoms with Crippen molar-refractivity contribution in [1.82, 2.24) is 10.3 Å². The topological polar surface area (TPSA) is 118 Å². The van der Waals surface area contributed by atoms with Crippen LogP contribution in [0.4, 0.5) is 5.69 Å². The van der Waals surface area contributed by atoms with Gasteiger partial charge in [-0.3, -0.25) is 14.1 Å². The van der Waals surface area contributed by atoms with E-state index in [0.717, 1.165) is 33.8 Å². The van der Waals surface area contributed by atoms with Gasteiger partial charge in [0.15, 0.2) is 0 Å². The van der Waals surface area contributed by atoms with Crippen molar-refractivity contribution in [2.45, 2.75) is 38.3 Å². The zero-order valence-corrected chi connectivity index (χ0v) is 24.0. The first-order valence-corrected chi connectivity index (χ1v) is 15.3. The highest BCUT2D eigenvalue weighted by Crippen LogP contribution is 2.31. The smallest absolute Gasteiger partial charge is 0.357 e. The number of rotatable bonds is 13. The van der Waals surface area contributed by atoms with Gasteiger partial charge in [0.05, 0.1) is 29.4 Å². The summed E-state index contributed by atoms with van der Waals surface area (Å²) < 4.78 is 39.3. The van der Waals surface area contributed by atoms with Crippen molar-refractivity contribution < 1.29 is 22.5 Å². The quantitative estimate of drug-likeness (QED) is 0.178. The van der Waals surface area contributed by atoms with Crippen LogP contribution in [0.15, 0.2) is 90.3 Å². The van der Waals surface area contributed by atoms with E-state index in [1.807, 2.05) is 77.7 Å². The van der Waals surface area contributed by atoms with Gasteiger partial charge in [-0.1, -0.05) is 79.7 Å². The molecule has 0 bridgehead atoms. The summed E-state index contributed by atoms with van der Waals surface area (Å²) in [7, 11) is -2.75. The zero-order chi connectivity index (χ0) is 28.5. The summed E-state index contributed by atoms with van der Waals surface area (Å²) in [6.45, 7) is 2.03. The number of benzene rings is 3. The number of aryl methyl sites for hydroxylation is 1. The van der Waals surface area contributed by atoms with Crippen LogP contribution >= 0.6 is 11.3 Å². The van der Waals surface area contributed by atoms with Crippen LogP contribution in [0.3, 0.4) is 0 Å². The Morgan fingerprint density at radius 2 is 1.57 bits per heavy atom. The van der Waals surface area contributed by atoms with E-state index in [-0.39, 0.29) is 11.6 Å². The molecule has 10 heteroatoms. The third-order valence-corrected chi connectivity index (χ3v) is 8.07. The molecule has 0 saturated heterocycles. The minimum Gasteiger partial charge on any atom is -0.376 e. The fraction of sp³-hybridized carbons (Fsp3) is 0.267. The van der Waals surface area contributed by atoms with Crippen molar-refractivity contribution in [1.29, 1.82) is 0 Å². The van der Waals surface area contributed by atoms with Crippen LogP contribution in [0.1, 0.15) is 46.5 Å². The molecule has 4 aromatic rings. The Hall–Kier alpha value is -3.57. The zero-order valence-electron chi connectivity index (χ0n) is 22.4. The molecule has 0 aliphatic heterocycles. The predicted molar refractivity (Wildman–Crippen MR) is 158 cm³/mol. The molecule has 3 aromatic carbocycles. The highest BCUT2D eigenvalue weighted by molar-refractivity contribution is 7.87. The van der Waals surface area contributed by atoms with E-state index in [1.54, 1.807) is 31.4 Å². The number of nitrogens with zero attached hydrogens (tertiary/aromatic N) is 1. The lowest BCUT2D eigenvalue weighted by Crippen LogP contribution is -2.39. The van der Waals surface area contributed by atoms with Gasteiger partial charge in [-0.25, -0.2) is 4.98 Å². The van der Waals surface area contributed by atoms with Gasteiger partial charge >= 0.3 is 10.3 Å². The number of carbonyl (C=O) groups is 1. The van der Waals surface area contributed by atoms with E-state index < -0.39 is 28.4 Å². The first-order chi connectivity index (χ1) is 19.3. The standard InChI is InChI=1S/C30H33N3O5S2/c1-3-24-20-39-30(31-24)27(19-22-14-16-25(17-15-22)33-40(35,36)37)32-29(34)26(18-21-10-6-4-7-11-21)28(38-2)23-12-8-5-9-13-23/h4-17,20,26-28,33H,3,18-19H2,1-2H3,(H,32,34)(H,35,36,37). The summed E-state index contributed by atoms with van der Waals surface area (Å²) in [4.78, 5) is 18.8. The highest BCUT2D eigenvalue weighted by Gasteiger charge is 2.32.